The van der Waals surface area contributed by atoms with Crippen molar-refractivity contribution in [1.82, 2.24) is 9.97 Å². The maximum absolute atomic E-state index is 11.6. The van der Waals surface area contributed by atoms with Gasteiger partial charge in [0.1, 0.15) is 5.82 Å². The third-order valence-electron chi connectivity index (χ3n) is 2.35. The fourth-order valence-corrected chi connectivity index (χ4v) is 1.68. The molecule has 3 nitrogen and oxygen atoms in total. The standard InChI is InChI=1S/C12H11IN2O/c1-7-3-5-9(6-4-7)11-14-8(2)10(13)12(16)15-11/h3-6H,1-2H3,(H,14,15,16). The first-order valence-electron chi connectivity index (χ1n) is 4.91. The van der Waals surface area contributed by atoms with Crippen molar-refractivity contribution in [2.24, 2.45) is 0 Å². The van der Waals surface area contributed by atoms with Gasteiger partial charge in [0, 0.05) is 5.56 Å². The van der Waals surface area contributed by atoms with Crippen molar-refractivity contribution < 1.29 is 0 Å². The summed E-state index contributed by atoms with van der Waals surface area (Å²) in [6.07, 6.45) is 0. The number of H-pyrrole nitrogens is 1. The average Bonchev–Trinajstić information content (AvgIpc) is 2.26. The maximum Gasteiger partial charge on any atom is 0.264 e. The molecule has 0 aliphatic carbocycles. The van der Waals surface area contributed by atoms with Crippen LogP contribution in [0.15, 0.2) is 29.1 Å². The summed E-state index contributed by atoms with van der Waals surface area (Å²) in [5.41, 5.74) is 2.80. The lowest BCUT2D eigenvalue weighted by molar-refractivity contribution is 1.05. The number of nitrogens with zero attached hydrogens (tertiary/aromatic N) is 1. The first-order valence-corrected chi connectivity index (χ1v) is 5.99. The van der Waals surface area contributed by atoms with Crippen LogP contribution in [0.25, 0.3) is 11.4 Å². The molecule has 0 radical (unpaired) electrons. The number of benzene rings is 1. The summed E-state index contributed by atoms with van der Waals surface area (Å²) in [6.45, 7) is 3.87. The van der Waals surface area contributed by atoms with Gasteiger partial charge < -0.3 is 4.98 Å². The number of halogens is 1. The highest BCUT2D eigenvalue weighted by molar-refractivity contribution is 14.1. The van der Waals surface area contributed by atoms with Gasteiger partial charge in [-0.3, -0.25) is 4.79 Å². The Morgan fingerprint density at radius 2 is 1.81 bits per heavy atom. The first-order chi connectivity index (χ1) is 7.58. The lowest BCUT2D eigenvalue weighted by Gasteiger charge is -2.03. The van der Waals surface area contributed by atoms with Gasteiger partial charge in [-0.15, -0.1) is 0 Å². The van der Waals surface area contributed by atoms with Crippen LogP contribution in [0.2, 0.25) is 0 Å². The Morgan fingerprint density at radius 1 is 1.19 bits per heavy atom. The van der Waals surface area contributed by atoms with E-state index < -0.39 is 0 Å². The zero-order valence-electron chi connectivity index (χ0n) is 9.04. The van der Waals surface area contributed by atoms with Crippen LogP contribution in [0.4, 0.5) is 0 Å². The summed E-state index contributed by atoms with van der Waals surface area (Å²) in [5.74, 6) is 0.628. The predicted molar refractivity (Wildman–Crippen MR) is 72.5 cm³/mol. The van der Waals surface area contributed by atoms with E-state index in [1.807, 2.05) is 60.7 Å². The molecule has 1 aromatic heterocycles. The molecule has 0 spiro atoms. The summed E-state index contributed by atoms with van der Waals surface area (Å²) in [5, 5.41) is 0. The van der Waals surface area contributed by atoms with E-state index in [1.54, 1.807) is 0 Å². The van der Waals surface area contributed by atoms with E-state index in [1.165, 1.54) is 5.56 Å². The molecule has 1 heterocycles. The van der Waals surface area contributed by atoms with Gasteiger partial charge in [0.2, 0.25) is 0 Å². The number of hydrogen-bond donors (Lipinski definition) is 1. The Labute approximate surface area is 107 Å². The van der Waals surface area contributed by atoms with Gasteiger partial charge in [-0.25, -0.2) is 4.98 Å². The van der Waals surface area contributed by atoms with Crippen LogP contribution in [0.3, 0.4) is 0 Å². The minimum atomic E-state index is -0.0799. The summed E-state index contributed by atoms with van der Waals surface area (Å²) in [6, 6.07) is 7.92. The van der Waals surface area contributed by atoms with Gasteiger partial charge in [-0.1, -0.05) is 29.8 Å². The smallest absolute Gasteiger partial charge is 0.264 e. The van der Waals surface area contributed by atoms with Crippen LogP contribution < -0.4 is 5.56 Å². The van der Waals surface area contributed by atoms with E-state index in [-0.39, 0.29) is 5.56 Å². The summed E-state index contributed by atoms with van der Waals surface area (Å²) < 4.78 is 0.647. The van der Waals surface area contributed by atoms with Crippen molar-refractivity contribution in [3.8, 4) is 11.4 Å². The SMILES string of the molecule is Cc1ccc(-c2nc(C)c(I)c(=O)[nH]2)cc1. The van der Waals surface area contributed by atoms with Crippen molar-refractivity contribution >= 4 is 22.6 Å². The number of aromatic amines is 1. The molecule has 0 fully saturated rings. The fraction of sp³-hybridized carbons (Fsp3) is 0.167. The molecule has 0 saturated heterocycles. The molecule has 2 aromatic rings. The lowest BCUT2D eigenvalue weighted by atomic mass is 10.1. The van der Waals surface area contributed by atoms with Crippen molar-refractivity contribution in [2.45, 2.75) is 13.8 Å². The van der Waals surface area contributed by atoms with Crippen molar-refractivity contribution in [3.05, 3.63) is 49.4 Å². The molecule has 0 bridgehead atoms. The Hall–Kier alpha value is -1.17. The number of aromatic nitrogens is 2. The Kier molecular flexibility index (Phi) is 3.09. The molecule has 82 valence electrons. The Bertz CT molecular complexity index is 573. The summed E-state index contributed by atoms with van der Waals surface area (Å²) in [4.78, 5) is 18.7. The first kappa shape index (κ1) is 11.3. The number of rotatable bonds is 1. The van der Waals surface area contributed by atoms with Crippen LogP contribution in [0, 0.1) is 17.4 Å². The molecule has 4 heteroatoms. The molecule has 1 N–H and O–H groups in total. The monoisotopic (exact) mass is 326 g/mol. The highest BCUT2D eigenvalue weighted by Crippen LogP contribution is 2.15. The molecule has 0 saturated carbocycles. The molecule has 2 rings (SSSR count). The number of aryl methyl sites for hydroxylation is 2. The van der Waals surface area contributed by atoms with Gasteiger partial charge in [0.05, 0.1) is 9.26 Å². The van der Waals surface area contributed by atoms with E-state index in [0.717, 1.165) is 11.3 Å². The molecule has 0 atom stereocenters. The van der Waals surface area contributed by atoms with E-state index in [4.69, 9.17) is 0 Å². The summed E-state index contributed by atoms with van der Waals surface area (Å²) >= 11 is 2.00. The molecule has 0 aliphatic rings. The second-order valence-electron chi connectivity index (χ2n) is 3.68. The topological polar surface area (TPSA) is 45.8 Å². The van der Waals surface area contributed by atoms with Crippen molar-refractivity contribution in [3.63, 3.8) is 0 Å². The van der Waals surface area contributed by atoms with Gasteiger partial charge in [0.25, 0.3) is 5.56 Å². The quantitative estimate of drug-likeness (QED) is 0.819. The molecule has 0 aliphatic heterocycles. The van der Waals surface area contributed by atoms with Crippen LogP contribution >= 0.6 is 22.6 Å². The van der Waals surface area contributed by atoms with Gasteiger partial charge in [-0.05, 0) is 36.4 Å². The highest BCUT2D eigenvalue weighted by Gasteiger charge is 2.06. The van der Waals surface area contributed by atoms with E-state index in [9.17, 15) is 4.79 Å². The second-order valence-corrected chi connectivity index (χ2v) is 4.76. The number of nitrogens with one attached hydrogen (secondary N) is 1. The molecule has 0 unspecified atom stereocenters. The highest BCUT2D eigenvalue weighted by atomic mass is 127. The van der Waals surface area contributed by atoms with E-state index in [2.05, 4.69) is 9.97 Å². The zero-order chi connectivity index (χ0) is 11.7. The third-order valence-corrected chi connectivity index (χ3v) is 3.62. The summed E-state index contributed by atoms with van der Waals surface area (Å²) in [7, 11) is 0. The lowest BCUT2D eigenvalue weighted by Crippen LogP contribution is -2.14. The van der Waals surface area contributed by atoms with Gasteiger partial charge >= 0.3 is 0 Å². The minimum absolute atomic E-state index is 0.0799. The Balaban J connectivity index is 2.57. The van der Waals surface area contributed by atoms with Crippen LogP contribution in [-0.4, -0.2) is 9.97 Å². The predicted octanol–water partition coefficient (Wildman–Crippen LogP) is 2.66. The zero-order valence-corrected chi connectivity index (χ0v) is 11.2. The van der Waals surface area contributed by atoms with Crippen LogP contribution in [0.1, 0.15) is 11.3 Å². The molecular weight excluding hydrogens is 315 g/mol. The molecule has 0 amide bonds. The molecule has 1 aromatic carbocycles. The Morgan fingerprint density at radius 3 is 2.38 bits per heavy atom. The van der Waals surface area contributed by atoms with Crippen LogP contribution in [0.5, 0.6) is 0 Å². The van der Waals surface area contributed by atoms with Gasteiger partial charge in [0.15, 0.2) is 0 Å². The fourth-order valence-electron chi connectivity index (χ4n) is 1.42. The number of hydrogen-bond acceptors (Lipinski definition) is 2. The van der Waals surface area contributed by atoms with Crippen molar-refractivity contribution in [1.29, 1.82) is 0 Å². The van der Waals surface area contributed by atoms with Crippen LogP contribution in [-0.2, 0) is 0 Å². The largest absolute Gasteiger partial charge is 0.306 e. The van der Waals surface area contributed by atoms with E-state index in [0.29, 0.717) is 9.39 Å². The minimum Gasteiger partial charge on any atom is -0.306 e. The molecular formula is C12H11IN2O. The van der Waals surface area contributed by atoms with Crippen molar-refractivity contribution in [2.75, 3.05) is 0 Å². The third kappa shape index (κ3) is 2.16. The maximum atomic E-state index is 11.6. The van der Waals surface area contributed by atoms with Gasteiger partial charge in [-0.2, -0.15) is 0 Å². The normalized spacial score (nSPS) is 10.4. The average molecular weight is 326 g/mol. The van der Waals surface area contributed by atoms with E-state index >= 15 is 0 Å². The second kappa shape index (κ2) is 4.37. The molecule has 16 heavy (non-hydrogen) atoms.